The molecule has 0 aliphatic heterocycles. The number of ether oxygens (including phenoxy) is 2. The number of nitrogens with zero attached hydrogens (tertiary/aromatic N) is 2. The van der Waals surface area contributed by atoms with Crippen LogP contribution in [0.3, 0.4) is 0 Å². The molecule has 2 aromatic rings. The van der Waals surface area contributed by atoms with Crippen molar-refractivity contribution < 1.29 is 19.1 Å². The van der Waals surface area contributed by atoms with Crippen molar-refractivity contribution in [1.82, 2.24) is 10.2 Å². The molecule has 1 aliphatic carbocycles. The molecule has 2 unspecified atom stereocenters. The van der Waals surface area contributed by atoms with E-state index in [1.54, 1.807) is 7.05 Å². The number of likely N-dealkylation sites (N-methyl/N-ethyl adjacent to an activating group) is 1. The summed E-state index contributed by atoms with van der Waals surface area (Å²) in [6.45, 7) is 0.739. The highest BCUT2D eigenvalue weighted by Gasteiger charge is 2.35. The van der Waals surface area contributed by atoms with Crippen LogP contribution in [0.4, 0.5) is 4.79 Å². The van der Waals surface area contributed by atoms with Crippen LogP contribution >= 0.6 is 0 Å². The van der Waals surface area contributed by atoms with Crippen LogP contribution in [0.25, 0.3) is 0 Å². The Kier molecular flexibility index (Phi) is 8.64. The van der Waals surface area contributed by atoms with E-state index < -0.39 is 18.2 Å². The first kappa shape index (κ1) is 23.3. The number of hydrogen-bond acceptors (Lipinski definition) is 5. The van der Waals surface area contributed by atoms with Gasteiger partial charge in [0.05, 0.1) is 19.3 Å². The molecule has 0 aromatic heterocycles. The normalized spacial score (nSPS) is 14.6. The smallest absolute Gasteiger partial charge is 0.408 e. The van der Waals surface area contributed by atoms with Crippen LogP contribution in [0.1, 0.15) is 30.4 Å². The molecular weight excluding hydrogens is 406 g/mol. The van der Waals surface area contributed by atoms with Gasteiger partial charge in [0.25, 0.3) is 5.91 Å². The standard InChI is InChI=1S/C25H29N3O4/c1-28(22(15-26)18-31-17-21-10-6-3-7-11-21)24(29)23(14-19-12-13-19)32-25(30)27-16-20-8-4-2-5-9-20/h2-11,19,22-23H,12-14,16-18H2,1H3,(H,27,30). The van der Waals surface area contributed by atoms with Gasteiger partial charge in [0.2, 0.25) is 0 Å². The third-order valence-electron chi connectivity index (χ3n) is 5.40. The van der Waals surface area contributed by atoms with Crippen LogP contribution in [-0.4, -0.2) is 42.7 Å². The number of hydrogen-bond donors (Lipinski definition) is 1. The number of nitriles is 1. The first-order chi connectivity index (χ1) is 15.6. The molecule has 1 fully saturated rings. The van der Waals surface area contributed by atoms with Gasteiger partial charge in [-0.15, -0.1) is 0 Å². The van der Waals surface area contributed by atoms with E-state index >= 15 is 0 Å². The molecule has 32 heavy (non-hydrogen) atoms. The zero-order valence-corrected chi connectivity index (χ0v) is 18.3. The summed E-state index contributed by atoms with van der Waals surface area (Å²) in [5, 5.41) is 12.3. The van der Waals surface area contributed by atoms with Crippen LogP contribution in [0, 0.1) is 17.2 Å². The number of carbonyl (C=O) groups excluding carboxylic acids is 2. The summed E-state index contributed by atoms with van der Waals surface area (Å²) >= 11 is 0. The lowest BCUT2D eigenvalue weighted by Crippen LogP contribution is -2.47. The topological polar surface area (TPSA) is 91.7 Å². The Labute approximate surface area is 188 Å². The van der Waals surface area contributed by atoms with Gasteiger partial charge < -0.3 is 19.7 Å². The molecule has 1 N–H and O–H groups in total. The van der Waals surface area contributed by atoms with Crippen molar-refractivity contribution in [1.29, 1.82) is 5.26 Å². The Morgan fingerprint density at radius 2 is 1.72 bits per heavy atom. The van der Waals surface area contributed by atoms with Crippen molar-refractivity contribution in [2.24, 2.45) is 5.92 Å². The minimum Gasteiger partial charge on any atom is -0.436 e. The van der Waals surface area contributed by atoms with Gasteiger partial charge in [0, 0.05) is 13.6 Å². The maximum atomic E-state index is 13.1. The number of benzene rings is 2. The zero-order chi connectivity index (χ0) is 22.8. The molecule has 0 bridgehead atoms. The van der Waals surface area contributed by atoms with E-state index in [-0.39, 0.29) is 12.5 Å². The fourth-order valence-corrected chi connectivity index (χ4v) is 3.28. The number of amides is 2. The van der Waals surface area contributed by atoms with Crippen LogP contribution in [-0.2, 0) is 27.4 Å². The average Bonchev–Trinajstić information content (AvgIpc) is 3.65. The third kappa shape index (κ3) is 7.40. The van der Waals surface area contributed by atoms with Crippen molar-refractivity contribution in [2.45, 2.75) is 44.6 Å². The molecule has 2 atom stereocenters. The minimum absolute atomic E-state index is 0.0734. The molecular formula is C25H29N3O4. The van der Waals surface area contributed by atoms with Crippen LogP contribution in [0.2, 0.25) is 0 Å². The molecule has 0 saturated heterocycles. The fraction of sp³-hybridized carbons (Fsp3) is 0.400. The van der Waals surface area contributed by atoms with Crippen LogP contribution < -0.4 is 5.32 Å². The second-order valence-electron chi connectivity index (χ2n) is 8.01. The van der Waals surface area contributed by atoms with E-state index in [4.69, 9.17) is 9.47 Å². The maximum absolute atomic E-state index is 13.1. The van der Waals surface area contributed by atoms with Crippen molar-refractivity contribution in [3.8, 4) is 6.07 Å². The minimum atomic E-state index is -0.923. The lowest BCUT2D eigenvalue weighted by Gasteiger charge is -2.27. The monoisotopic (exact) mass is 435 g/mol. The molecule has 0 spiro atoms. The number of nitrogens with one attached hydrogen (secondary N) is 1. The highest BCUT2D eigenvalue weighted by atomic mass is 16.6. The first-order valence-electron chi connectivity index (χ1n) is 10.8. The Morgan fingerprint density at radius 3 is 2.31 bits per heavy atom. The van der Waals surface area contributed by atoms with Gasteiger partial charge in [-0.05, 0) is 23.5 Å². The third-order valence-corrected chi connectivity index (χ3v) is 5.40. The number of rotatable bonds is 11. The SMILES string of the molecule is CN(C(=O)C(CC1CC1)OC(=O)NCc1ccccc1)C(C#N)COCc1ccccc1. The summed E-state index contributed by atoms with van der Waals surface area (Å²) in [6, 6.07) is 20.4. The molecule has 168 valence electrons. The summed E-state index contributed by atoms with van der Waals surface area (Å²) in [6.07, 6.45) is 0.933. The van der Waals surface area contributed by atoms with Crippen molar-refractivity contribution in [2.75, 3.05) is 13.7 Å². The number of carbonyl (C=O) groups is 2. The molecule has 7 heteroatoms. The highest BCUT2D eigenvalue weighted by Crippen LogP contribution is 2.34. The predicted octanol–water partition coefficient (Wildman–Crippen LogP) is 3.65. The molecule has 0 radical (unpaired) electrons. The largest absolute Gasteiger partial charge is 0.436 e. The van der Waals surface area contributed by atoms with E-state index in [9.17, 15) is 14.9 Å². The Bertz CT molecular complexity index is 910. The van der Waals surface area contributed by atoms with Gasteiger partial charge in [-0.25, -0.2) is 4.79 Å². The van der Waals surface area contributed by atoms with E-state index in [1.807, 2.05) is 60.7 Å². The van der Waals surface area contributed by atoms with Crippen molar-refractivity contribution >= 4 is 12.0 Å². The summed E-state index contributed by atoms with van der Waals surface area (Å²) in [7, 11) is 1.55. The predicted molar refractivity (Wildman–Crippen MR) is 119 cm³/mol. The fourth-order valence-electron chi connectivity index (χ4n) is 3.28. The van der Waals surface area contributed by atoms with Gasteiger partial charge >= 0.3 is 6.09 Å². The van der Waals surface area contributed by atoms with Gasteiger partial charge in [0.15, 0.2) is 6.10 Å². The van der Waals surface area contributed by atoms with E-state index in [2.05, 4.69) is 11.4 Å². The molecule has 2 amide bonds. The van der Waals surface area contributed by atoms with Crippen LogP contribution in [0.15, 0.2) is 60.7 Å². The first-order valence-corrected chi connectivity index (χ1v) is 10.8. The van der Waals surface area contributed by atoms with Gasteiger partial charge in [0.1, 0.15) is 6.04 Å². The second-order valence-corrected chi connectivity index (χ2v) is 8.01. The molecule has 7 nitrogen and oxygen atoms in total. The van der Waals surface area contributed by atoms with E-state index in [1.165, 1.54) is 4.90 Å². The maximum Gasteiger partial charge on any atom is 0.408 e. The lowest BCUT2D eigenvalue weighted by atomic mass is 10.1. The summed E-state index contributed by atoms with van der Waals surface area (Å²) in [4.78, 5) is 26.7. The van der Waals surface area contributed by atoms with E-state index in [0.717, 1.165) is 24.0 Å². The molecule has 3 rings (SSSR count). The Morgan fingerprint density at radius 1 is 1.09 bits per heavy atom. The molecule has 1 saturated carbocycles. The summed E-state index contributed by atoms with van der Waals surface area (Å²) in [5.74, 6) is -0.0178. The zero-order valence-electron chi connectivity index (χ0n) is 18.3. The second kappa shape index (κ2) is 11.9. The lowest BCUT2D eigenvalue weighted by molar-refractivity contribution is -0.141. The Balaban J connectivity index is 1.53. The molecule has 0 heterocycles. The quantitative estimate of drug-likeness (QED) is 0.582. The van der Waals surface area contributed by atoms with Crippen molar-refractivity contribution in [3.63, 3.8) is 0 Å². The number of alkyl carbamates (subject to hydrolysis) is 1. The highest BCUT2D eigenvalue weighted by molar-refractivity contribution is 5.84. The molecule has 2 aromatic carbocycles. The summed E-state index contributed by atoms with van der Waals surface area (Å²) < 4.78 is 11.1. The van der Waals surface area contributed by atoms with Crippen molar-refractivity contribution in [3.05, 3.63) is 71.8 Å². The van der Waals surface area contributed by atoms with Gasteiger partial charge in [-0.3, -0.25) is 4.79 Å². The van der Waals surface area contributed by atoms with Crippen LogP contribution in [0.5, 0.6) is 0 Å². The Hall–Kier alpha value is -3.37. The average molecular weight is 436 g/mol. The van der Waals surface area contributed by atoms with Gasteiger partial charge in [-0.2, -0.15) is 5.26 Å². The summed E-state index contributed by atoms with van der Waals surface area (Å²) in [5.41, 5.74) is 1.93. The molecule has 1 aliphatic rings. The van der Waals surface area contributed by atoms with E-state index in [0.29, 0.717) is 25.5 Å². The van der Waals surface area contributed by atoms with Gasteiger partial charge in [-0.1, -0.05) is 73.5 Å².